The number of aryl methyl sites for hydroxylation is 1. The first kappa shape index (κ1) is 20.5. The van der Waals surface area contributed by atoms with Crippen LogP contribution in [0.5, 0.6) is 0 Å². The molecule has 0 N–H and O–H groups in total. The van der Waals surface area contributed by atoms with E-state index in [2.05, 4.69) is 21.1 Å². The smallest absolute Gasteiger partial charge is 0.298 e. The molecule has 0 saturated carbocycles. The van der Waals surface area contributed by atoms with Crippen LogP contribution in [-0.2, 0) is 9.84 Å². The van der Waals surface area contributed by atoms with E-state index in [1.807, 2.05) is 6.92 Å². The second-order valence-electron chi connectivity index (χ2n) is 6.08. The molecule has 148 valence electrons. The number of alkyl halides is 2. The van der Waals surface area contributed by atoms with Crippen LogP contribution < -0.4 is 0 Å². The fourth-order valence-electron chi connectivity index (χ4n) is 2.73. The number of sulfone groups is 1. The fourth-order valence-corrected chi connectivity index (χ4v) is 3.93. The Kier molecular flexibility index (Phi) is 5.37. The van der Waals surface area contributed by atoms with Crippen LogP contribution in [0.4, 0.5) is 17.6 Å². The molecule has 0 saturated heterocycles. The lowest BCUT2D eigenvalue weighted by atomic mass is 9.98. The van der Waals surface area contributed by atoms with E-state index >= 15 is 0 Å². The van der Waals surface area contributed by atoms with Crippen molar-refractivity contribution in [3.05, 3.63) is 57.8 Å². The van der Waals surface area contributed by atoms with E-state index in [4.69, 9.17) is 4.52 Å². The molecule has 0 spiro atoms. The van der Waals surface area contributed by atoms with Gasteiger partial charge in [-0.05, 0) is 36.2 Å². The van der Waals surface area contributed by atoms with E-state index in [9.17, 15) is 26.0 Å². The van der Waals surface area contributed by atoms with E-state index in [0.29, 0.717) is 28.4 Å². The maximum Gasteiger partial charge on any atom is 0.298 e. The molecular formula is C18H12BrF4NO3S. The van der Waals surface area contributed by atoms with Crippen molar-refractivity contribution in [1.82, 2.24) is 5.16 Å². The third-order valence-electron chi connectivity index (χ3n) is 4.02. The topological polar surface area (TPSA) is 60.2 Å². The van der Waals surface area contributed by atoms with E-state index in [1.54, 1.807) is 18.2 Å². The minimum Gasteiger partial charge on any atom is -0.354 e. The van der Waals surface area contributed by atoms with Gasteiger partial charge in [0.15, 0.2) is 9.84 Å². The highest BCUT2D eigenvalue weighted by molar-refractivity contribution is 9.10. The molecule has 1 aromatic heterocycles. The molecule has 3 aromatic rings. The van der Waals surface area contributed by atoms with Crippen molar-refractivity contribution in [3.63, 3.8) is 0 Å². The van der Waals surface area contributed by atoms with Crippen LogP contribution >= 0.6 is 15.9 Å². The number of hydrogen-bond acceptors (Lipinski definition) is 4. The average Bonchev–Trinajstić information content (AvgIpc) is 3.00. The van der Waals surface area contributed by atoms with Crippen molar-refractivity contribution in [2.24, 2.45) is 0 Å². The molecule has 10 heteroatoms. The molecule has 3 rings (SSSR count). The fraction of sp³-hybridized carbons (Fsp3) is 0.167. The quantitative estimate of drug-likeness (QED) is 0.452. The maximum absolute atomic E-state index is 14.3. The second-order valence-corrected chi connectivity index (χ2v) is 8.88. The zero-order valence-electron chi connectivity index (χ0n) is 14.4. The average molecular weight is 478 g/mol. The molecule has 4 nitrogen and oxygen atoms in total. The van der Waals surface area contributed by atoms with Gasteiger partial charge in [0.2, 0.25) is 5.76 Å². The number of nitrogens with zero attached hydrogens (tertiary/aromatic N) is 1. The standard InChI is InChI=1S/C18H12BrF4NO3S/c1-8-3-4-9(5-11(8)19)15-14(16(18(22)23)27-24-15)10-6-12(20)17(13(21)7-10)28(2,25)26/h3-7,18H,1-2H3. The highest BCUT2D eigenvalue weighted by atomic mass is 79.9. The molecule has 0 fully saturated rings. The summed E-state index contributed by atoms with van der Waals surface area (Å²) in [5, 5.41) is 3.65. The van der Waals surface area contributed by atoms with Gasteiger partial charge in [0.25, 0.3) is 6.43 Å². The predicted octanol–water partition coefficient (Wildman–Crippen LogP) is 5.70. The van der Waals surface area contributed by atoms with Gasteiger partial charge in [0.05, 0.1) is 5.56 Å². The number of rotatable bonds is 4. The maximum atomic E-state index is 14.3. The van der Waals surface area contributed by atoms with Crippen molar-refractivity contribution < 1.29 is 30.5 Å². The second kappa shape index (κ2) is 7.32. The zero-order chi connectivity index (χ0) is 20.8. The molecule has 0 bridgehead atoms. The molecule has 0 aliphatic rings. The molecular weight excluding hydrogens is 466 g/mol. The van der Waals surface area contributed by atoms with Gasteiger partial charge in [-0.2, -0.15) is 0 Å². The molecule has 2 aromatic carbocycles. The van der Waals surface area contributed by atoms with Crippen molar-refractivity contribution in [2.75, 3.05) is 6.26 Å². The van der Waals surface area contributed by atoms with Crippen molar-refractivity contribution >= 4 is 25.8 Å². The Balaban J connectivity index is 2.30. The number of halogens is 5. The largest absolute Gasteiger partial charge is 0.354 e. The van der Waals surface area contributed by atoms with Crippen LogP contribution in [-0.4, -0.2) is 19.8 Å². The zero-order valence-corrected chi connectivity index (χ0v) is 16.8. The Morgan fingerprint density at radius 2 is 1.68 bits per heavy atom. The number of aromatic nitrogens is 1. The van der Waals surface area contributed by atoms with Crippen LogP contribution in [0.2, 0.25) is 0 Å². The van der Waals surface area contributed by atoms with Gasteiger partial charge < -0.3 is 4.52 Å². The lowest BCUT2D eigenvalue weighted by Gasteiger charge is -2.09. The number of hydrogen-bond donors (Lipinski definition) is 0. The summed E-state index contributed by atoms with van der Waals surface area (Å²) < 4.78 is 84.0. The first-order valence-electron chi connectivity index (χ1n) is 7.74. The highest BCUT2D eigenvalue weighted by Gasteiger charge is 2.29. The first-order chi connectivity index (χ1) is 13.0. The van der Waals surface area contributed by atoms with E-state index in [0.717, 1.165) is 5.56 Å². The highest BCUT2D eigenvalue weighted by Crippen LogP contribution is 2.41. The molecule has 0 radical (unpaired) electrons. The van der Waals surface area contributed by atoms with E-state index in [-0.39, 0.29) is 16.8 Å². The van der Waals surface area contributed by atoms with Crippen LogP contribution in [0.25, 0.3) is 22.4 Å². The van der Waals surface area contributed by atoms with Gasteiger partial charge in [-0.1, -0.05) is 33.2 Å². The predicted molar refractivity (Wildman–Crippen MR) is 97.8 cm³/mol. The minimum absolute atomic E-state index is 0.0538. The third-order valence-corrected chi connectivity index (χ3v) is 6.01. The molecule has 0 aliphatic heterocycles. The molecule has 0 aliphatic carbocycles. The molecule has 0 atom stereocenters. The summed E-state index contributed by atoms with van der Waals surface area (Å²) in [6.07, 6.45) is -2.46. The molecule has 28 heavy (non-hydrogen) atoms. The summed E-state index contributed by atoms with van der Waals surface area (Å²) >= 11 is 3.32. The van der Waals surface area contributed by atoms with Crippen molar-refractivity contribution in [2.45, 2.75) is 18.2 Å². The SMILES string of the molecule is Cc1ccc(-c2noc(C(F)F)c2-c2cc(F)c(S(C)(=O)=O)c(F)c2)cc1Br. The summed E-state index contributed by atoms with van der Waals surface area (Å²) in [4.78, 5) is -1.13. The summed E-state index contributed by atoms with van der Waals surface area (Å²) in [7, 11) is -4.19. The lowest BCUT2D eigenvalue weighted by molar-refractivity contribution is 0.113. The Morgan fingerprint density at radius 3 is 2.18 bits per heavy atom. The Bertz CT molecular complexity index is 1150. The minimum atomic E-state index is -4.19. The van der Waals surface area contributed by atoms with Crippen LogP contribution in [0.15, 0.2) is 44.2 Å². The monoisotopic (exact) mass is 477 g/mol. The van der Waals surface area contributed by atoms with Gasteiger partial charge in [-0.3, -0.25) is 0 Å². The van der Waals surface area contributed by atoms with Crippen LogP contribution in [0.3, 0.4) is 0 Å². The van der Waals surface area contributed by atoms with E-state index < -0.39 is 38.6 Å². The lowest BCUT2D eigenvalue weighted by Crippen LogP contribution is -2.05. The van der Waals surface area contributed by atoms with Gasteiger partial charge in [-0.25, -0.2) is 26.0 Å². The van der Waals surface area contributed by atoms with E-state index in [1.165, 1.54) is 0 Å². The van der Waals surface area contributed by atoms with Gasteiger partial charge in [-0.15, -0.1) is 0 Å². The molecule has 1 heterocycles. The first-order valence-corrected chi connectivity index (χ1v) is 10.4. The molecule has 0 unspecified atom stereocenters. The summed E-state index contributed by atoms with van der Waals surface area (Å²) in [6.45, 7) is 1.82. The Hall–Kier alpha value is -2.20. The van der Waals surface area contributed by atoms with Gasteiger partial charge >= 0.3 is 0 Å². The normalized spacial score (nSPS) is 12.0. The third kappa shape index (κ3) is 3.70. The number of benzene rings is 2. The Morgan fingerprint density at radius 1 is 1.07 bits per heavy atom. The molecule has 0 amide bonds. The van der Waals surface area contributed by atoms with Crippen molar-refractivity contribution in [3.8, 4) is 22.4 Å². The van der Waals surface area contributed by atoms with Gasteiger partial charge in [0, 0.05) is 16.3 Å². The summed E-state index contributed by atoms with van der Waals surface area (Å²) in [5.74, 6) is -3.66. The van der Waals surface area contributed by atoms with Gasteiger partial charge in [0.1, 0.15) is 22.2 Å². The van der Waals surface area contributed by atoms with Crippen molar-refractivity contribution in [1.29, 1.82) is 0 Å². The van der Waals surface area contributed by atoms with Crippen LogP contribution in [0, 0.1) is 18.6 Å². The summed E-state index contributed by atoms with van der Waals surface area (Å²) in [6, 6.07) is 6.24. The van der Waals surface area contributed by atoms with Crippen LogP contribution in [0.1, 0.15) is 17.7 Å². The Labute approximate surface area is 166 Å². The summed E-state index contributed by atoms with van der Waals surface area (Å²) in [5.41, 5.74) is 0.560.